The minimum atomic E-state index is -3.18. The first-order chi connectivity index (χ1) is 12.4. The lowest BCUT2D eigenvalue weighted by Crippen LogP contribution is -2.42. The van der Waals surface area contributed by atoms with Crippen LogP contribution in [0, 0.1) is 0 Å². The lowest BCUT2D eigenvalue weighted by molar-refractivity contribution is 0.328. The van der Waals surface area contributed by atoms with Crippen LogP contribution in [0.3, 0.4) is 0 Å². The van der Waals surface area contributed by atoms with Crippen molar-refractivity contribution in [2.75, 3.05) is 26.0 Å². The number of rotatable bonds is 11. The average Bonchev–Trinajstić information content (AvgIpc) is 2.58. The van der Waals surface area contributed by atoms with Gasteiger partial charge in [0.25, 0.3) is 0 Å². The summed E-state index contributed by atoms with van der Waals surface area (Å²) in [6.45, 7) is 8.17. The molecule has 1 aromatic carbocycles. The Hall–Kier alpha value is -1.03. The lowest BCUT2D eigenvalue weighted by atomic mass is 10.1. The SMILES string of the molecule is CCCCCC(C)NC(=NCCOc1ccc(S(C)(=O)=O)cc1)NCC.I. The molecule has 0 aliphatic heterocycles. The van der Waals surface area contributed by atoms with Crippen LogP contribution in [0.15, 0.2) is 34.2 Å². The van der Waals surface area contributed by atoms with Crippen molar-refractivity contribution in [2.24, 2.45) is 4.99 Å². The standard InChI is InChI=1S/C19H33N3O3S.HI/c1-5-7-8-9-16(3)22-19(20-6-2)21-14-15-25-17-10-12-18(13-11-17)26(4,23)24;/h10-13,16H,5-9,14-15H2,1-4H3,(H2,20,21,22);1H. The van der Waals surface area contributed by atoms with Crippen molar-refractivity contribution in [3.63, 3.8) is 0 Å². The second kappa shape index (κ2) is 14.0. The number of guanidine groups is 1. The molecule has 8 heteroatoms. The number of nitrogens with one attached hydrogen (secondary N) is 2. The van der Waals surface area contributed by atoms with E-state index in [-0.39, 0.29) is 24.0 Å². The predicted octanol–water partition coefficient (Wildman–Crippen LogP) is 3.61. The van der Waals surface area contributed by atoms with Gasteiger partial charge in [0.05, 0.1) is 11.4 Å². The molecule has 2 N–H and O–H groups in total. The molecule has 6 nitrogen and oxygen atoms in total. The zero-order valence-corrected chi connectivity index (χ0v) is 20.0. The van der Waals surface area contributed by atoms with E-state index in [4.69, 9.17) is 4.74 Å². The van der Waals surface area contributed by atoms with Crippen LogP contribution in [0.2, 0.25) is 0 Å². The fraction of sp³-hybridized carbons (Fsp3) is 0.632. The maximum atomic E-state index is 11.4. The highest BCUT2D eigenvalue weighted by Crippen LogP contribution is 2.15. The molecule has 1 unspecified atom stereocenters. The Labute approximate surface area is 181 Å². The summed E-state index contributed by atoms with van der Waals surface area (Å²) in [6, 6.07) is 6.82. The summed E-state index contributed by atoms with van der Waals surface area (Å²) in [5.74, 6) is 1.44. The number of sulfone groups is 1. The van der Waals surface area contributed by atoms with E-state index in [2.05, 4.69) is 29.5 Å². The number of hydrogen-bond acceptors (Lipinski definition) is 4. The molecule has 0 bridgehead atoms. The van der Waals surface area contributed by atoms with Gasteiger partial charge in [-0.25, -0.2) is 13.4 Å². The van der Waals surface area contributed by atoms with E-state index < -0.39 is 9.84 Å². The van der Waals surface area contributed by atoms with Crippen molar-refractivity contribution < 1.29 is 13.2 Å². The molecule has 0 fully saturated rings. The monoisotopic (exact) mass is 511 g/mol. The molecular formula is C19H34IN3O3S. The smallest absolute Gasteiger partial charge is 0.191 e. The van der Waals surface area contributed by atoms with E-state index >= 15 is 0 Å². The summed E-state index contributed by atoms with van der Waals surface area (Å²) in [5, 5.41) is 6.66. The Bertz CT molecular complexity index is 649. The van der Waals surface area contributed by atoms with Crippen LogP contribution in [0.1, 0.15) is 46.5 Å². The Kier molecular flexibility index (Phi) is 13.5. The zero-order valence-electron chi connectivity index (χ0n) is 16.8. The molecule has 0 aromatic heterocycles. The van der Waals surface area contributed by atoms with Gasteiger partial charge in [-0.1, -0.05) is 26.2 Å². The summed E-state index contributed by atoms with van der Waals surface area (Å²) >= 11 is 0. The predicted molar refractivity (Wildman–Crippen MR) is 123 cm³/mol. The van der Waals surface area contributed by atoms with Crippen LogP contribution in [0.5, 0.6) is 5.75 Å². The summed E-state index contributed by atoms with van der Waals surface area (Å²) in [5.41, 5.74) is 0. The van der Waals surface area contributed by atoms with Gasteiger partial charge < -0.3 is 15.4 Å². The number of ether oxygens (including phenoxy) is 1. The molecule has 0 aliphatic carbocycles. The van der Waals surface area contributed by atoms with Crippen LogP contribution in [0.25, 0.3) is 0 Å². The van der Waals surface area contributed by atoms with Crippen LogP contribution >= 0.6 is 24.0 Å². The molecule has 0 radical (unpaired) electrons. The second-order valence-electron chi connectivity index (χ2n) is 6.39. The fourth-order valence-electron chi connectivity index (χ4n) is 2.43. The molecule has 1 atom stereocenters. The number of halogens is 1. The van der Waals surface area contributed by atoms with E-state index in [1.165, 1.54) is 25.5 Å². The molecule has 0 saturated carbocycles. The molecule has 0 spiro atoms. The molecule has 156 valence electrons. The maximum Gasteiger partial charge on any atom is 0.191 e. The van der Waals surface area contributed by atoms with Crippen LogP contribution in [-0.2, 0) is 9.84 Å². The maximum absolute atomic E-state index is 11.4. The number of benzene rings is 1. The Morgan fingerprint density at radius 1 is 1.19 bits per heavy atom. The van der Waals surface area contributed by atoms with Crippen molar-refractivity contribution in [3.8, 4) is 5.75 Å². The van der Waals surface area contributed by atoms with Gasteiger partial charge in [-0.3, -0.25) is 0 Å². The Balaban J connectivity index is 0.00000676. The van der Waals surface area contributed by atoms with Crippen molar-refractivity contribution >= 4 is 39.8 Å². The highest BCUT2D eigenvalue weighted by atomic mass is 127. The molecule has 0 amide bonds. The quantitative estimate of drug-likeness (QED) is 0.205. The highest BCUT2D eigenvalue weighted by molar-refractivity contribution is 14.0. The van der Waals surface area contributed by atoms with E-state index in [9.17, 15) is 8.42 Å². The van der Waals surface area contributed by atoms with E-state index in [1.807, 2.05) is 6.92 Å². The van der Waals surface area contributed by atoms with Crippen molar-refractivity contribution in [1.29, 1.82) is 0 Å². The molecule has 1 rings (SSSR count). The summed E-state index contributed by atoms with van der Waals surface area (Å²) in [6.07, 6.45) is 6.02. The van der Waals surface area contributed by atoms with Crippen molar-refractivity contribution in [1.82, 2.24) is 10.6 Å². The van der Waals surface area contributed by atoms with Crippen LogP contribution in [0.4, 0.5) is 0 Å². The number of unbranched alkanes of at least 4 members (excludes halogenated alkanes) is 2. The minimum Gasteiger partial charge on any atom is -0.492 e. The second-order valence-corrected chi connectivity index (χ2v) is 8.41. The van der Waals surface area contributed by atoms with Crippen molar-refractivity contribution in [2.45, 2.75) is 57.4 Å². The van der Waals surface area contributed by atoms with E-state index in [1.54, 1.807) is 24.3 Å². The largest absolute Gasteiger partial charge is 0.492 e. The average molecular weight is 511 g/mol. The van der Waals surface area contributed by atoms with Gasteiger partial charge in [0, 0.05) is 18.8 Å². The first-order valence-electron chi connectivity index (χ1n) is 9.34. The molecule has 27 heavy (non-hydrogen) atoms. The third-order valence-corrected chi connectivity index (χ3v) is 4.98. The first kappa shape index (κ1) is 26.0. The zero-order chi connectivity index (χ0) is 19.4. The summed E-state index contributed by atoms with van der Waals surface area (Å²) < 4.78 is 28.5. The van der Waals surface area contributed by atoms with Crippen molar-refractivity contribution in [3.05, 3.63) is 24.3 Å². The number of hydrogen-bond donors (Lipinski definition) is 2. The summed E-state index contributed by atoms with van der Waals surface area (Å²) in [4.78, 5) is 4.82. The first-order valence-corrected chi connectivity index (χ1v) is 11.2. The normalized spacial score (nSPS) is 12.8. The van der Waals surface area contributed by atoms with Crippen LogP contribution < -0.4 is 15.4 Å². The third kappa shape index (κ3) is 11.4. The van der Waals surface area contributed by atoms with E-state index in [0.29, 0.717) is 29.8 Å². The highest BCUT2D eigenvalue weighted by Gasteiger charge is 2.07. The molecule has 0 saturated heterocycles. The molecular weight excluding hydrogens is 477 g/mol. The number of aliphatic imine (C=N–C) groups is 1. The number of nitrogens with zero attached hydrogens (tertiary/aromatic N) is 1. The Morgan fingerprint density at radius 2 is 1.85 bits per heavy atom. The fourth-order valence-corrected chi connectivity index (χ4v) is 3.06. The summed E-state index contributed by atoms with van der Waals surface area (Å²) in [7, 11) is -3.18. The van der Waals surface area contributed by atoms with E-state index in [0.717, 1.165) is 18.9 Å². The molecule has 0 aliphatic rings. The van der Waals surface area contributed by atoms with Gasteiger partial charge in [0.2, 0.25) is 0 Å². The Morgan fingerprint density at radius 3 is 2.41 bits per heavy atom. The van der Waals surface area contributed by atoms with Gasteiger partial charge in [-0.2, -0.15) is 0 Å². The van der Waals surface area contributed by atoms with Gasteiger partial charge in [-0.05, 0) is 44.5 Å². The minimum absolute atomic E-state index is 0. The van der Waals surface area contributed by atoms with Gasteiger partial charge >= 0.3 is 0 Å². The van der Waals surface area contributed by atoms with Gasteiger partial charge in [0.15, 0.2) is 15.8 Å². The van der Waals surface area contributed by atoms with Gasteiger partial charge in [0.1, 0.15) is 12.4 Å². The third-order valence-electron chi connectivity index (χ3n) is 3.85. The van der Waals surface area contributed by atoms with Gasteiger partial charge in [-0.15, -0.1) is 24.0 Å². The topological polar surface area (TPSA) is 79.8 Å². The lowest BCUT2D eigenvalue weighted by Gasteiger charge is -2.17. The van der Waals surface area contributed by atoms with Crippen LogP contribution in [-0.4, -0.2) is 46.4 Å². The molecule has 1 aromatic rings. The molecule has 0 heterocycles.